The molecule has 0 fully saturated rings. The van der Waals surface area contributed by atoms with Gasteiger partial charge in [-0.05, 0) is 19.1 Å². The third kappa shape index (κ3) is 5.09. The van der Waals surface area contributed by atoms with Crippen molar-refractivity contribution in [2.45, 2.75) is 24.3 Å². The molecule has 0 saturated heterocycles. The maximum Gasteiger partial charge on any atom is 0.255 e. The number of benzene rings is 2. The van der Waals surface area contributed by atoms with Gasteiger partial charge in [0.25, 0.3) is 5.91 Å². The van der Waals surface area contributed by atoms with E-state index in [2.05, 4.69) is 15.6 Å². The molecule has 2 unspecified atom stereocenters. The van der Waals surface area contributed by atoms with Gasteiger partial charge < -0.3 is 15.5 Å². The van der Waals surface area contributed by atoms with E-state index in [0.717, 1.165) is 11.8 Å². The highest BCUT2D eigenvalue weighted by molar-refractivity contribution is 7.92. The van der Waals surface area contributed by atoms with Crippen LogP contribution in [-0.2, 0) is 9.84 Å². The van der Waals surface area contributed by atoms with E-state index in [0.29, 0.717) is 5.69 Å². The Morgan fingerprint density at radius 2 is 1.81 bits per heavy atom. The molecule has 3 N–H and O–H groups in total. The maximum atomic E-state index is 12.5. The number of carbonyl (C=O) groups is 1. The summed E-state index contributed by atoms with van der Waals surface area (Å²) >= 11 is 0. The molecule has 31 heavy (non-hydrogen) atoms. The molecule has 2 atom stereocenters. The molecular weight excluding hydrogens is 420 g/mol. The van der Waals surface area contributed by atoms with E-state index in [1.807, 2.05) is 30.3 Å². The molecule has 0 radical (unpaired) electrons. The van der Waals surface area contributed by atoms with Crippen molar-refractivity contribution < 1.29 is 23.4 Å². The SMILES string of the molecule is CC(CNC(=O)c1ccccc1O)(CC(O)n1cc(-c2ccccc2)nn1)S(C)(=O)=O. The van der Waals surface area contributed by atoms with Gasteiger partial charge in [0.1, 0.15) is 17.7 Å². The van der Waals surface area contributed by atoms with Crippen LogP contribution in [0.15, 0.2) is 60.8 Å². The van der Waals surface area contributed by atoms with Crippen LogP contribution in [-0.4, -0.2) is 57.1 Å². The Balaban J connectivity index is 1.76. The fourth-order valence-corrected chi connectivity index (χ4v) is 3.81. The number of aromatic nitrogens is 3. The van der Waals surface area contributed by atoms with E-state index < -0.39 is 26.7 Å². The minimum atomic E-state index is -3.70. The summed E-state index contributed by atoms with van der Waals surface area (Å²) in [5.74, 6) is -0.827. The number of nitrogens with zero attached hydrogens (tertiary/aromatic N) is 3. The molecule has 10 heteroatoms. The second-order valence-corrected chi connectivity index (χ2v) is 10.1. The predicted octanol–water partition coefficient (Wildman–Crippen LogP) is 1.76. The van der Waals surface area contributed by atoms with Crippen molar-refractivity contribution >= 4 is 15.7 Å². The van der Waals surface area contributed by atoms with Crippen molar-refractivity contribution in [1.29, 1.82) is 0 Å². The van der Waals surface area contributed by atoms with Crippen molar-refractivity contribution in [1.82, 2.24) is 20.3 Å². The molecule has 0 aliphatic carbocycles. The second kappa shape index (κ2) is 8.86. The lowest BCUT2D eigenvalue weighted by Crippen LogP contribution is -2.47. The highest BCUT2D eigenvalue weighted by Crippen LogP contribution is 2.27. The van der Waals surface area contributed by atoms with Crippen LogP contribution in [0.25, 0.3) is 11.3 Å². The lowest BCUT2D eigenvalue weighted by atomic mass is 10.1. The molecule has 0 aliphatic rings. The molecule has 164 valence electrons. The number of aromatic hydroxyl groups is 1. The van der Waals surface area contributed by atoms with Crippen LogP contribution in [0.2, 0.25) is 0 Å². The molecule has 2 aromatic carbocycles. The number of phenols is 1. The number of phenolic OH excluding ortho intramolecular Hbond substituents is 1. The standard InChI is InChI=1S/C21H24N4O5S/c1-21(31(2,29)30,14-22-20(28)16-10-6-7-11-18(16)26)12-19(27)25-13-17(23-24-25)15-8-4-3-5-9-15/h3-11,13,19,26-27H,12,14H2,1-2H3,(H,22,28). The second-order valence-electron chi connectivity index (χ2n) is 7.56. The van der Waals surface area contributed by atoms with Crippen LogP contribution in [0.4, 0.5) is 0 Å². The molecule has 0 saturated carbocycles. The quantitative estimate of drug-likeness (QED) is 0.482. The number of amides is 1. The Labute approximate surface area is 180 Å². The fourth-order valence-electron chi connectivity index (χ4n) is 3.03. The summed E-state index contributed by atoms with van der Waals surface area (Å²) in [6, 6.07) is 15.2. The maximum absolute atomic E-state index is 12.5. The lowest BCUT2D eigenvalue weighted by molar-refractivity contribution is 0.0671. The van der Waals surface area contributed by atoms with Crippen LogP contribution in [0.5, 0.6) is 5.75 Å². The van der Waals surface area contributed by atoms with Crippen LogP contribution in [0.1, 0.15) is 29.9 Å². The van der Waals surface area contributed by atoms with Crippen LogP contribution in [0.3, 0.4) is 0 Å². The van der Waals surface area contributed by atoms with E-state index in [-0.39, 0.29) is 24.3 Å². The number of para-hydroxylation sites is 1. The third-order valence-electron chi connectivity index (χ3n) is 5.17. The summed E-state index contributed by atoms with van der Waals surface area (Å²) in [6.45, 7) is 1.17. The summed E-state index contributed by atoms with van der Waals surface area (Å²) in [5.41, 5.74) is 1.37. The molecule has 1 heterocycles. The van der Waals surface area contributed by atoms with Gasteiger partial charge in [-0.15, -0.1) is 5.10 Å². The average Bonchev–Trinajstić information content (AvgIpc) is 3.23. The van der Waals surface area contributed by atoms with Crippen molar-refractivity contribution in [3.05, 3.63) is 66.4 Å². The lowest BCUT2D eigenvalue weighted by Gasteiger charge is -2.30. The average molecular weight is 445 g/mol. The molecular formula is C21H24N4O5S. The van der Waals surface area contributed by atoms with Crippen molar-refractivity contribution in [2.24, 2.45) is 0 Å². The van der Waals surface area contributed by atoms with Gasteiger partial charge in [-0.3, -0.25) is 4.79 Å². The van der Waals surface area contributed by atoms with E-state index >= 15 is 0 Å². The predicted molar refractivity (Wildman–Crippen MR) is 115 cm³/mol. The Bertz CT molecular complexity index is 1160. The van der Waals surface area contributed by atoms with Gasteiger partial charge in [-0.25, -0.2) is 13.1 Å². The van der Waals surface area contributed by atoms with Crippen molar-refractivity contribution in [3.8, 4) is 17.0 Å². The highest BCUT2D eigenvalue weighted by atomic mass is 32.2. The molecule has 0 aliphatic heterocycles. The molecule has 9 nitrogen and oxygen atoms in total. The van der Waals surface area contributed by atoms with Crippen LogP contribution < -0.4 is 5.32 Å². The van der Waals surface area contributed by atoms with Gasteiger partial charge in [0.15, 0.2) is 9.84 Å². The highest BCUT2D eigenvalue weighted by Gasteiger charge is 2.39. The number of carbonyl (C=O) groups excluding carboxylic acids is 1. The zero-order valence-electron chi connectivity index (χ0n) is 17.1. The summed E-state index contributed by atoms with van der Waals surface area (Å²) in [6.07, 6.45) is 1.06. The number of aliphatic hydroxyl groups excluding tert-OH is 1. The number of nitrogens with one attached hydrogen (secondary N) is 1. The summed E-state index contributed by atoms with van der Waals surface area (Å²) in [5, 5.41) is 31.0. The van der Waals surface area contributed by atoms with Crippen LogP contribution in [0, 0.1) is 0 Å². The first-order chi connectivity index (χ1) is 14.6. The first-order valence-corrected chi connectivity index (χ1v) is 11.4. The first-order valence-electron chi connectivity index (χ1n) is 9.52. The fraction of sp³-hybridized carbons (Fsp3) is 0.286. The van der Waals surface area contributed by atoms with Gasteiger partial charge in [0, 0.05) is 24.8 Å². The molecule has 3 aromatic rings. The normalized spacial score (nSPS) is 14.5. The molecule has 3 rings (SSSR count). The van der Waals surface area contributed by atoms with Gasteiger partial charge in [0.05, 0.1) is 16.5 Å². The van der Waals surface area contributed by atoms with Crippen LogP contribution >= 0.6 is 0 Å². The minimum Gasteiger partial charge on any atom is -0.507 e. The number of rotatable bonds is 8. The zero-order valence-corrected chi connectivity index (χ0v) is 18.0. The molecule has 0 bridgehead atoms. The Hall–Kier alpha value is -3.24. The number of aliphatic hydroxyl groups is 1. The Kier molecular flexibility index (Phi) is 6.42. The van der Waals surface area contributed by atoms with E-state index in [9.17, 15) is 23.4 Å². The number of hydrogen-bond donors (Lipinski definition) is 3. The zero-order chi connectivity index (χ0) is 22.6. The number of hydrogen-bond acceptors (Lipinski definition) is 7. The van der Waals surface area contributed by atoms with E-state index in [1.54, 1.807) is 12.1 Å². The Morgan fingerprint density at radius 1 is 1.16 bits per heavy atom. The molecule has 0 spiro atoms. The van der Waals surface area contributed by atoms with Gasteiger partial charge >= 0.3 is 0 Å². The van der Waals surface area contributed by atoms with Gasteiger partial charge in [-0.1, -0.05) is 47.7 Å². The summed E-state index contributed by atoms with van der Waals surface area (Å²) in [4.78, 5) is 12.4. The number of sulfone groups is 1. The molecule has 1 aromatic heterocycles. The van der Waals surface area contributed by atoms with Gasteiger partial charge in [-0.2, -0.15) is 0 Å². The largest absolute Gasteiger partial charge is 0.507 e. The van der Waals surface area contributed by atoms with Gasteiger partial charge in [0.2, 0.25) is 0 Å². The third-order valence-corrected chi connectivity index (χ3v) is 7.27. The summed E-state index contributed by atoms with van der Waals surface area (Å²) in [7, 11) is -3.70. The topological polar surface area (TPSA) is 134 Å². The minimum absolute atomic E-state index is 0.0303. The van der Waals surface area contributed by atoms with Crippen molar-refractivity contribution in [3.63, 3.8) is 0 Å². The monoisotopic (exact) mass is 444 g/mol. The smallest absolute Gasteiger partial charge is 0.255 e. The van der Waals surface area contributed by atoms with E-state index in [4.69, 9.17) is 0 Å². The van der Waals surface area contributed by atoms with Crippen molar-refractivity contribution in [2.75, 3.05) is 12.8 Å². The first kappa shape index (κ1) is 22.4. The Morgan fingerprint density at radius 3 is 2.45 bits per heavy atom. The summed E-state index contributed by atoms with van der Waals surface area (Å²) < 4.78 is 24.7. The molecule has 1 amide bonds. The van der Waals surface area contributed by atoms with E-state index in [1.165, 1.54) is 29.9 Å².